The highest BCUT2D eigenvalue weighted by Gasteiger charge is 2.16. The fraction of sp³-hybridized carbons (Fsp3) is 0.0714. The largest absolute Gasteiger partial charge is 0.389 e. The van der Waals surface area contributed by atoms with Crippen molar-refractivity contribution < 1.29 is 8.42 Å². The minimum absolute atomic E-state index is 0.155. The lowest BCUT2D eigenvalue weighted by Gasteiger charge is -2.11. The summed E-state index contributed by atoms with van der Waals surface area (Å²) in [4.78, 5) is 0.386. The number of nitrogens with one attached hydrogen (secondary N) is 1. The van der Waals surface area contributed by atoms with E-state index in [1.165, 1.54) is 12.1 Å². The first-order valence-corrected chi connectivity index (χ1v) is 8.67. The number of nitrogens with two attached hydrogens (primary N) is 1. The first-order chi connectivity index (χ1) is 9.81. The van der Waals surface area contributed by atoms with E-state index in [-0.39, 0.29) is 9.88 Å². The fourth-order valence-electron chi connectivity index (χ4n) is 1.72. The molecule has 21 heavy (non-hydrogen) atoms. The average Bonchev–Trinajstić information content (AvgIpc) is 2.44. The number of hydrogen-bond acceptors (Lipinski definition) is 3. The summed E-state index contributed by atoms with van der Waals surface area (Å²) in [5.41, 5.74) is 7.47. The number of benzene rings is 2. The van der Waals surface area contributed by atoms with Gasteiger partial charge in [-0.3, -0.25) is 4.72 Å². The summed E-state index contributed by atoms with van der Waals surface area (Å²) in [5, 5.41) is 0. The summed E-state index contributed by atoms with van der Waals surface area (Å²) < 4.78 is 28.1. The van der Waals surface area contributed by atoms with Gasteiger partial charge in [0, 0.05) is 10.0 Å². The molecule has 0 aromatic heterocycles. The molecule has 4 nitrogen and oxygen atoms in total. The van der Waals surface area contributed by atoms with E-state index in [1.54, 1.807) is 24.3 Å². The van der Waals surface area contributed by atoms with Crippen molar-refractivity contribution in [2.75, 3.05) is 4.72 Å². The highest BCUT2D eigenvalue weighted by atomic mass is 79.9. The van der Waals surface area contributed by atoms with E-state index in [0.717, 1.165) is 10.0 Å². The number of sulfonamides is 1. The van der Waals surface area contributed by atoms with Crippen LogP contribution in [0.25, 0.3) is 0 Å². The fourth-order valence-corrected chi connectivity index (χ4v) is 3.35. The maximum absolute atomic E-state index is 12.4. The second-order valence-corrected chi connectivity index (χ2v) is 7.38. The second kappa shape index (κ2) is 6.13. The molecular weight excluding hydrogens is 372 g/mol. The molecule has 0 aliphatic heterocycles. The van der Waals surface area contributed by atoms with E-state index in [9.17, 15) is 8.42 Å². The molecular formula is C14H13BrN2O2S2. The summed E-state index contributed by atoms with van der Waals surface area (Å²) in [6.07, 6.45) is 0. The SMILES string of the molecule is Cc1c(Br)cccc1NS(=O)(=O)c1ccc(C(N)=S)cc1. The van der Waals surface area contributed by atoms with Gasteiger partial charge in [-0.25, -0.2) is 8.42 Å². The van der Waals surface area contributed by atoms with Crippen molar-refractivity contribution in [1.82, 2.24) is 0 Å². The number of rotatable bonds is 4. The van der Waals surface area contributed by atoms with Gasteiger partial charge in [-0.2, -0.15) is 0 Å². The van der Waals surface area contributed by atoms with Crippen LogP contribution in [0.3, 0.4) is 0 Å². The van der Waals surface area contributed by atoms with E-state index in [1.807, 2.05) is 13.0 Å². The van der Waals surface area contributed by atoms with Gasteiger partial charge in [-0.15, -0.1) is 0 Å². The molecule has 0 atom stereocenters. The molecule has 110 valence electrons. The van der Waals surface area contributed by atoms with Gasteiger partial charge in [0.15, 0.2) is 0 Å². The molecule has 0 saturated carbocycles. The molecule has 0 aliphatic carbocycles. The van der Waals surface area contributed by atoms with E-state index >= 15 is 0 Å². The Morgan fingerprint density at radius 1 is 1.19 bits per heavy atom. The molecule has 3 N–H and O–H groups in total. The van der Waals surface area contributed by atoms with Gasteiger partial charge < -0.3 is 5.73 Å². The lowest BCUT2D eigenvalue weighted by Crippen LogP contribution is -2.15. The van der Waals surface area contributed by atoms with Crippen molar-refractivity contribution in [3.63, 3.8) is 0 Å². The van der Waals surface area contributed by atoms with Crippen molar-refractivity contribution in [2.45, 2.75) is 11.8 Å². The van der Waals surface area contributed by atoms with E-state index < -0.39 is 10.0 Å². The summed E-state index contributed by atoms with van der Waals surface area (Å²) >= 11 is 8.21. The molecule has 0 fully saturated rings. The van der Waals surface area contributed by atoms with E-state index in [0.29, 0.717) is 11.3 Å². The minimum Gasteiger partial charge on any atom is -0.389 e. The zero-order valence-electron chi connectivity index (χ0n) is 11.1. The van der Waals surface area contributed by atoms with Crippen LogP contribution in [0.4, 0.5) is 5.69 Å². The molecule has 0 bridgehead atoms. The van der Waals surface area contributed by atoms with Crippen LogP contribution in [0.15, 0.2) is 51.8 Å². The van der Waals surface area contributed by atoms with Crippen LogP contribution >= 0.6 is 28.1 Å². The first-order valence-electron chi connectivity index (χ1n) is 5.99. The molecule has 2 rings (SSSR count). The quantitative estimate of drug-likeness (QED) is 0.793. The molecule has 2 aromatic carbocycles. The maximum atomic E-state index is 12.4. The summed E-state index contributed by atoms with van der Waals surface area (Å²) in [6, 6.07) is 11.5. The lowest BCUT2D eigenvalue weighted by atomic mass is 10.2. The van der Waals surface area contributed by atoms with Crippen molar-refractivity contribution in [3.05, 3.63) is 58.1 Å². The normalized spacial score (nSPS) is 11.1. The highest BCUT2D eigenvalue weighted by molar-refractivity contribution is 9.10. The number of hydrogen-bond donors (Lipinski definition) is 2. The Kier molecular flexibility index (Phi) is 4.65. The van der Waals surface area contributed by atoms with Gasteiger partial charge >= 0.3 is 0 Å². The Labute approximate surface area is 137 Å². The molecule has 0 amide bonds. The van der Waals surface area contributed by atoms with Crippen LogP contribution in [0.5, 0.6) is 0 Å². The van der Waals surface area contributed by atoms with Gasteiger partial charge in [0.2, 0.25) is 0 Å². The van der Waals surface area contributed by atoms with E-state index in [2.05, 4.69) is 20.7 Å². The molecule has 0 spiro atoms. The smallest absolute Gasteiger partial charge is 0.261 e. The third-order valence-corrected chi connectivity index (χ3v) is 5.44. The molecule has 0 aliphatic rings. The summed E-state index contributed by atoms with van der Waals surface area (Å²) in [6.45, 7) is 1.83. The number of thiocarbonyl (C=S) groups is 1. The zero-order chi connectivity index (χ0) is 15.6. The Balaban J connectivity index is 2.34. The average molecular weight is 385 g/mol. The zero-order valence-corrected chi connectivity index (χ0v) is 14.3. The van der Waals surface area contributed by atoms with Gasteiger partial charge in [0.05, 0.1) is 10.6 Å². The minimum atomic E-state index is -3.65. The van der Waals surface area contributed by atoms with Crippen LogP contribution in [0.2, 0.25) is 0 Å². The molecule has 0 unspecified atom stereocenters. The molecule has 7 heteroatoms. The van der Waals surface area contributed by atoms with Gasteiger partial charge in [0.25, 0.3) is 10.0 Å². The van der Waals surface area contributed by atoms with Gasteiger partial charge in [0.1, 0.15) is 4.99 Å². The summed E-state index contributed by atoms with van der Waals surface area (Å²) in [7, 11) is -3.65. The number of halogens is 1. The van der Waals surface area contributed by atoms with Gasteiger partial charge in [-0.05, 0) is 36.8 Å². The lowest BCUT2D eigenvalue weighted by molar-refractivity contribution is 0.601. The third-order valence-electron chi connectivity index (χ3n) is 2.96. The van der Waals surface area contributed by atoms with Gasteiger partial charge in [-0.1, -0.05) is 46.3 Å². The first kappa shape index (κ1) is 15.9. The maximum Gasteiger partial charge on any atom is 0.261 e. The van der Waals surface area contributed by atoms with Crippen LogP contribution in [-0.2, 0) is 10.0 Å². The molecule has 0 heterocycles. The Hall–Kier alpha value is -1.44. The Morgan fingerprint density at radius 2 is 1.81 bits per heavy atom. The Morgan fingerprint density at radius 3 is 2.38 bits per heavy atom. The standard InChI is InChI=1S/C14H13BrN2O2S2/c1-9-12(15)3-2-4-13(9)17-21(18,19)11-7-5-10(6-8-11)14(16)20/h2-8,17H,1H3,(H2,16,20). The highest BCUT2D eigenvalue weighted by Crippen LogP contribution is 2.25. The topological polar surface area (TPSA) is 72.2 Å². The molecule has 2 aromatic rings. The van der Waals surface area contributed by atoms with Crippen LogP contribution in [0, 0.1) is 6.92 Å². The predicted octanol–water partition coefficient (Wildman–Crippen LogP) is 3.19. The molecule has 0 radical (unpaired) electrons. The molecule has 0 saturated heterocycles. The van der Waals surface area contributed by atoms with Crippen molar-refractivity contribution in [2.24, 2.45) is 5.73 Å². The summed E-state index contributed by atoms with van der Waals surface area (Å²) in [5.74, 6) is 0. The van der Waals surface area contributed by atoms with Crippen LogP contribution in [-0.4, -0.2) is 13.4 Å². The third kappa shape index (κ3) is 3.61. The van der Waals surface area contributed by atoms with Crippen molar-refractivity contribution >= 4 is 48.8 Å². The van der Waals surface area contributed by atoms with E-state index in [4.69, 9.17) is 18.0 Å². The number of anilines is 1. The van der Waals surface area contributed by atoms with Crippen molar-refractivity contribution in [1.29, 1.82) is 0 Å². The van der Waals surface area contributed by atoms with Crippen LogP contribution < -0.4 is 10.5 Å². The second-order valence-electron chi connectivity index (χ2n) is 4.41. The predicted molar refractivity (Wildman–Crippen MR) is 92.0 cm³/mol. The Bertz CT molecular complexity index is 787. The monoisotopic (exact) mass is 384 g/mol. The van der Waals surface area contributed by atoms with Crippen LogP contribution in [0.1, 0.15) is 11.1 Å². The van der Waals surface area contributed by atoms with Crippen molar-refractivity contribution in [3.8, 4) is 0 Å².